The van der Waals surface area contributed by atoms with E-state index >= 15 is 0 Å². The highest BCUT2D eigenvalue weighted by molar-refractivity contribution is 6.33. The second kappa shape index (κ2) is 8.84. The van der Waals surface area contributed by atoms with Crippen LogP contribution in [0.5, 0.6) is 0 Å². The van der Waals surface area contributed by atoms with Crippen molar-refractivity contribution in [3.63, 3.8) is 0 Å². The maximum absolute atomic E-state index is 12.8. The maximum atomic E-state index is 12.8. The number of halogens is 4. The van der Waals surface area contributed by atoms with Crippen LogP contribution < -0.4 is 10.6 Å². The van der Waals surface area contributed by atoms with E-state index in [-0.39, 0.29) is 10.7 Å². The van der Waals surface area contributed by atoms with Crippen molar-refractivity contribution in [1.82, 2.24) is 4.90 Å². The highest BCUT2D eigenvalue weighted by Gasteiger charge is 2.31. The van der Waals surface area contributed by atoms with Crippen molar-refractivity contribution in [2.24, 2.45) is 0 Å². The molecule has 0 saturated carbocycles. The van der Waals surface area contributed by atoms with Gasteiger partial charge in [-0.2, -0.15) is 13.2 Å². The summed E-state index contributed by atoms with van der Waals surface area (Å²) >= 11 is 5.89. The fourth-order valence-electron chi connectivity index (χ4n) is 3.15. The Balaban J connectivity index is 1.59. The van der Waals surface area contributed by atoms with Gasteiger partial charge in [-0.05, 0) is 61.8 Å². The molecular weight excluding hydrogens is 391 g/mol. The summed E-state index contributed by atoms with van der Waals surface area (Å²) in [6, 6.07) is 9.53. The van der Waals surface area contributed by atoms with Crippen molar-refractivity contribution in [1.29, 1.82) is 0 Å². The minimum absolute atomic E-state index is 0.0278. The SMILES string of the molecule is O=C(Nc1ccc(CN2CCCCC2)cc1)Nc1cc(C(F)(F)F)ccc1Cl. The smallest absolute Gasteiger partial charge is 0.308 e. The largest absolute Gasteiger partial charge is 0.416 e. The van der Waals surface area contributed by atoms with E-state index in [9.17, 15) is 18.0 Å². The molecule has 0 unspecified atom stereocenters. The number of benzene rings is 2. The average Bonchev–Trinajstić information content (AvgIpc) is 2.65. The number of anilines is 2. The number of urea groups is 1. The number of hydrogen-bond acceptors (Lipinski definition) is 2. The van der Waals surface area contributed by atoms with E-state index in [1.54, 1.807) is 12.1 Å². The van der Waals surface area contributed by atoms with Crippen molar-refractivity contribution in [3.8, 4) is 0 Å². The van der Waals surface area contributed by atoms with E-state index in [2.05, 4.69) is 15.5 Å². The van der Waals surface area contributed by atoms with Gasteiger partial charge in [0.05, 0.1) is 16.3 Å². The molecule has 28 heavy (non-hydrogen) atoms. The Morgan fingerprint density at radius 3 is 2.32 bits per heavy atom. The van der Waals surface area contributed by atoms with Crippen molar-refractivity contribution in [3.05, 3.63) is 58.6 Å². The minimum atomic E-state index is -4.51. The van der Waals surface area contributed by atoms with Crippen LogP contribution in [0, 0.1) is 0 Å². The molecule has 1 saturated heterocycles. The molecule has 8 heteroatoms. The second-order valence-electron chi connectivity index (χ2n) is 6.81. The van der Waals surface area contributed by atoms with Crippen LogP contribution in [0.15, 0.2) is 42.5 Å². The lowest BCUT2D eigenvalue weighted by Gasteiger charge is -2.26. The van der Waals surface area contributed by atoms with Crippen molar-refractivity contribution < 1.29 is 18.0 Å². The summed E-state index contributed by atoms with van der Waals surface area (Å²) in [4.78, 5) is 14.5. The number of carbonyl (C=O) groups is 1. The molecule has 0 atom stereocenters. The van der Waals surface area contributed by atoms with E-state index in [1.165, 1.54) is 19.3 Å². The molecule has 1 aliphatic heterocycles. The molecule has 150 valence electrons. The monoisotopic (exact) mass is 411 g/mol. The van der Waals surface area contributed by atoms with E-state index in [4.69, 9.17) is 11.6 Å². The van der Waals surface area contributed by atoms with Gasteiger partial charge in [0, 0.05) is 12.2 Å². The molecule has 1 fully saturated rings. The van der Waals surface area contributed by atoms with Crippen LogP contribution >= 0.6 is 11.6 Å². The lowest BCUT2D eigenvalue weighted by molar-refractivity contribution is -0.137. The highest BCUT2D eigenvalue weighted by Crippen LogP contribution is 2.33. The van der Waals surface area contributed by atoms with Gasteiger partial charge in [-0.25, -0.2) is 4.79 Å². The van der Waals surface area contributed by atoms with Gasteiger partial charge >= 0.3 is 12.2 Å². The van der Waals surface area contributed by atoms with Crippen molar-refractivity contribution in [2.75, 3.05) is 23.7 Å². The predicted molar refractivity (Wildman–Crippen MR) is 105 cm³/mol. The first kappa shape index (κ1) is 20.5. The quantitative estimate of drug-likeness (QED) is 0.649. The summed E-state index contributed by atoms with van der Waals surface area (Å²) in [5.41, 5.74) is 0.710. The van der Waals surface area contributed by atoms with Crippen LogP contribution in [0.3, 0.4) is 0 Å². The number of alkyl halides is 3. The summed E-state index contributed by atoms with van der Waals surface area (Å²) in [6.07, 6.45) is -0.790. The number of nitrogens with one attached hydrogen (secondary N) is 2. The third kappa shape index (κ3) is 5.62. The lowest BCUT2D eigenvalue weighted by atomic mass is 10.1. The molecule has 0 bridgehead atoms. The van der Waals surface area contributed by atoms with Gasteiger partial charge in [0.15, 0.2) is 0 Å². The minimum Gasteiger partial charge on any atom is -0.308 e. The Hall–Kier alpha value is -2.25. The van der Waals surface area contributed by atoms with Gasteiger partial charge in [0.25, 0.3) is 0 Å². The Morgan fingerprint density at radius 2 is 1.68 bits per heavy atom. The molecule has 1 heterocycles. The predicted octanol–water partition coefficient (Wildman–Crippen LogP) is 5.99. The Bertz CT molecular complexity index is 818. The zero-order valence-corrected chi connectivity index (χ0v) is 15.9. The van der Waals surface area contributed by atoms with Crippen LogP contribution in [-0.4, -0.2) is 24.0 Å². The molecule has 2 amide bonds. The zero-order valence-electron chi connectivity index (χ0n) is 15.2. The molecule has 3 rings (SSSR count). The summed E-state index contributed by atoms with van der Waals surface area (Å²) < 4.78 is 38.4. The number of nitrogens with zero attached hydrogens (tertiary/aromatic N) is 1. The third-order valence-electron chi connectivity index (χ3n) is 4.61. The summed E-state index contributed by atoms with van der Waals surface area (Å²) in [6.45, 7) is 3.06. The topological polar surface area (TPSA) is 44.4 Å². The molecule has 0 radical (unpaired) electrons. The number of likely N-dealkylation sites (tertiary alicyclic amines) is 1. The Kier molecular flexibility index (Phi) is 6.46. The van der Waals surface area contributed by atoms with E-state index in [1.807, 2.05) is 12.1 Å². The molecule has 2 aromatic rings. The van der Waals surface area contributed by atoms with E-state index in [0.717, 1.165) is 43.4 Å². The summed E-state index contributed by atoms with van der Waals surface area (Å²) in [5, 5.41) is 4.99. The van der Waals surface area contributed by atoms with E-state index in [0.29, 0.717) is 5.69 Å². The van der Waals surface area contributed by atoms with Crippen LogP contribution in [0.1, 0.15) is 30.4 Å². The van der Waals surface area contributed by atoms with Crippen LogP contribution in [0.2, 0.25) is 5.02 Å². The summed E-state index contributed by atoms with van der Waals surface area (Å²) in [7, 11) is 0. The van der Waals surface area contributed by atoms with Gasteiger partial charge < -0.3 is 10.6 Å². The normalized spacial score (nSPS) is 15.3. The lowest BCUT2D eigenvalue weighted by Crippen LogP contribution is -2.29. The molecule has 0 aliphatic carbocycles. The molecule has 0 aromatic heterocycles. The van der Waals surface area contributed by atoms with Gasteiger partial charge in [-0.1, -0.05) is 30.2 Å². The van der Waals surface area contributed by atoms with Gasteiger partial charge in [0.1, 0.15) is 0 Å². The molecule has 0 spiro atoms. The standard InChI is InChI=1S/C20H21ClF3N3O/c21-17-9-6-15(20(22,23)24)12-18(17)26-19(28)25-16-7-4-14(5-8-16)13-27-10-2-1-3-11-27/h4-9,12H,1-3,10-11,13H2,(H2,25,26,28). The summed E-state index contributed by atoms with van der Waals surface area (Å²) in [5.74, 6) is 0. The number of carbonyl (C=O) groups excluding carboxylic acids is 1. The highest BCUT2D eigenvalue weighted by atomic mass is 35.5. The molecule has 1 aliphatic rings. The van der Waals surface area contributed by atoms with Crippen LogP contribution in [-0.2, 0) is 12.7 Å². The Labute approximate surface area is 166 Å². The maximum Gasteiger partial charge on any atom is 0.416 e. The van der Waals surface area contributed by atoms with Crippen LogP contribution in [0.25, 0.3) is 0 Å². The number of rotatable bonds is 4. The van der Waals surface area contributed by atoms with Crippen LogP contribution in [0.4, 0.5) is 29.3 Å². The molecule has 4 nitrogen and oxygen atoms in total. The first-order valence-corrected chi connectivity index (χ1v) is 9.45. The first-order valence-electron chi connectivity index (χ1n) is 9.07. The van der Waals surface area contributed by atoms with Crippen molar-refractivity contribution >= 4 is 29.0 Å². The molecular formula is C20H21ClF3N3O. The molecule has 2 aromatic carbocycles. The molecule has 2 N–H and O–H groups in total. The van der Waals surface area contributed by atoms with Crippen molar-refractivity contribution in [2.45, 2.75) is 32.0 Å². The van der Waals surface area contributed by atoms with Gasteiger partial charge in [0.2, 0.25) is 0 Å². The van der Waals surface area contributed by atoms with Gasteiger partial charge in [-0.3, -0.25) is 4.90 Å². The third-order valence-corrected chi connectivity index (χ3v) is 4.94. The zero-order chi connectivity index (χ0) is 20.1. The first-order chi connectivity index (χ1) is 13.3. The fraction of sp³-hybridized carbons (Fsp3) is 0.350. The number of hydrogen-bond donors (Lipinski definition) is 2. The number of amides is 2. The average molecular weight is 412 g/mol. The second-order valence-corrected chi connectivity index (χ2v) is 7.21. The van der Waals surface area contributed by atoms with E-state index < -0.39 is 17.8 Å². The van der Waals surface area contributed by atoms with Gasteiger partial charge in [-0.15, -0.1) is 0 Å². The Morgan fingerprint density at radius 1 is 1.00 bits per heavy atom. The number of piperidine rings is 1. The fourth-order valence-corrected chi connectivity index (χ4v) is 3.32.